The van der Waals surface area contributed by atoms with Crippen LogP contribution < -0.4 is 0 Å². The fourth-order valence-electron chi connectivity index (χ4n) is 0.811. The molecule has 1 aromatic rings. The van der Waals surface area contributed by atoms with Crippen LogP contribution in [0, 0.1) is 0 Å². The molecule has 0 aliphatic carbocycles. The van der Waals surface area contributed by atoms with Gasteiger partial charge < -0.3 is 0 Å². The molecule has 0 atom stereocenters. The van der Waals surface area contributed by atoms with Gasteiger partial charge in [0, 0.05) is 23.4 Å². The van der Waals surface area contributed by atoms with E-state index in [4.69, 9.17) is 11.6 Å². The van der Waals surface area contributed by atoms with E-state index < -0.39 is 0 Å². The zero-order chi connectivity index (χ0) is 9.19. The Bertz CT molecular complexity index is 248. The summed E-state index contributed by atoms with van der Waals surface area (Å²) in [6.45, 7) is 6.26. The Labute approximate surface area is 78.0 Å². The zero-order valence-electron chi connectivity index (χ0n) is 7.63. The molecule has 0 saturated heterocycles. The molecule has 0 unspecified atom stereocenters. The smallest absolute Gasteiger partial charge is 0.133 e. The minimum Gasteiger partial charge on any atom is -0.240 e. The second kappa shape index (κ2) is 3.40. The highest BCUT2D eigenvalue weighted by molar-refractivity contribution is 6.17. The van der Waals surface area contributed by atoms with Gasteiger partial charge in [-0.15, -0.1) is 11.6 Å². The molecule has 1 aromatic heterocycles. The monoisotopic (exact) mass is 184 g/mol. The van der Waals surface area contributed by atoms with Crippen LogP contribution in [0.4, 0.5) is 0 Å². The minimum absolute atomic E-state index is 0.0187. The third kappa shape index (κ3) is 2.18. The van der Waals surface area contributed by atoms with Crippen LogP contribution in [0.1, 0.15) is 32.2 Å². The fourth-order valence-corrected chi connectivity index (χ4v) is 0.949. The lowest BCUT2D eigenvalue weighted by molar-refractivity contribution is 0.544. The number of halogens is 1. The lowest BCUT2D eigenvalue weighted by Gasteiger charge is -2.15. The van der Waals surface area contributed by atoms with Gasteiger partial charge in [0.15, 0.2) is 0 Å². The van der Waals surface area contributed by atoms with Crippen LogP contribution in [-0.4, -0.2) is 9.97 Å². The van der Waals surface area contributed by atoms with Gasteiger partial charge in [0.2, 0.25) is 0 Å². The van der Waals surface area contributed by atoms with Crippen molar-refractivity contribution in [3.05, 3.63) is 23.8 Å². The number of alkyl halides is 1. The average molecular weight is 185 g/mol. The van der Waals surface area contributed by atoms with E-state index in [0.29, 0.717) is 5.88 Å². The predicted octanol–water partition coefficient (Wildman–Crippen LogP) is 2.51. The van der Waals surface area contributed by atoms with Crippen molar-refractivity contribution in [1.29, 1.82) is 0 Å². The molecule has 1 heterocycles. The van der Waals surface area contributed by atoms with E-state index in [1.54, 1.807) is 12.4 Å². The molecule has 0 spiro atoms. The van der Waals surface area contributed by atoms with Gasteiger partial charge in [-0.25, -0.2) is 9.97 Å². The van der Waals surface area contributed by atoms with Crippen molar-refractivity contribution in [2.75, 3.05) is 0 Å². The highest BCUT2D eigenvalue weighted by atomic mass is 35.5. The molecule has 3 heteroatoms. The van der Waals surface area contributed by atoms with Crippen molar-refractivity contribution in [2.45, 2.75) is 32.1 Å². The first kappa shape index (κ1) is 9.46. The van der Waals surface area contributed by atoms with Gasteiger partial charge in [-0.05, 0) is 0 Å². The average Bonchev–Trinajstić information content (AvgIpc) is 2.03. The minimum atomic E-state index is 0.0187. The molecule has 66 valence electrons. The first-order chi connectivity index (χ1) is 5.54. The third-order valence-corrected chi connectivity index (χ3v) is 1.84. The molecular formula is C9H13ClN2. The van der Waals surface area contributed by atoms with Crippen LogP contribution in [-0.2, 0) is 11.3 Å². The van der Waals surface area contributed by atoms with Gasteiger partial charge in [-0.3, -0.25) is 0 Å². The fraction of sp³-hybridized carbons (Fsp3) is 0.556. The quantitative estimate of drug-likeness (QED) is 0.627. The van der Waals surface area contributed by atoms with Crippen molar-refractivity contribution < 1.29 is 0 Å². The highest BCUT2D eigenvalue weighted by Crippen LogP contribution is 2.17. The Morgan fingerprint density at radius 2 is 1.75 bits per heavy atom. The lowest BCUT2D eigenvalue weighted by atomic mass is 9.96. The zero-order valence-corrected chi connectivity index (χ0v) is 8.39. The van der Waals surface area contributed by atoms with Crippen molar-refractivity contribution in [3.63, 3.8) is 0 Å². The van der Waals surface area contributed by atoms with Crippen LogP contribution >= 0.6 is 11.6 Å². The van der Waals surface area contributed by atoms with Crippen LogP contribution in [0.3, 0.4) is 0 Å². The van der Waals surface area contributed by atoms with Crippen molar-refractivity contribution in [3.8, 4) is 0 Å². The van der Waals surface area contributed by atoms with Gasteiger partial charge in [0.05, 0.1) is 5.88 Å². The summed E-state index contributed by atoms with van der Waals surface area (Å²) in [4.78, 5) is 8.45. The molecule has 1 rings (SSSR count). The van der Waals surface area contributed by atoms with E-state index in [1.807, 2.05) is 0 Å². The summed E-state index contributed by atoms with van der Waals surface area (Å²) in [5, 5.41) is 0. The third-order valence-electron chi connectivity index (χ3n) is 1.53. The summed E-state index contributed by atoms with van der Waals surface area (Å²) in [6.07, 6.45) is 3.56. The van der Waals surface area contributed by atoms with Gasteiger partial charge in [-0.1, -0.05) is 20.8 Å². The number of aromatic nitrogens is 2. The van der Waals surface area contributed by atoms with Gasteiger partial charge in [0.1, 0.15) is 5.82 Å². The number of hydrogen-bond donors (Lipinski definition) is 0. The maximum absolute atomic E-state index is 5.61. The number of hydrogen-bond acceptors (Lipinski definition) is 2. The maximum Gasteiger partial charge on any atom is 0.133 e. The Kier molecular flexibility index (Phi) is 2.68. The van der Waals surface area contributed by atoms with Crippen LogP contribution in [0.15, 0.2) is 12.4 Å². The van der Waals surface area contributed by atoms with E-state index in [1.165, 1.54) is 0 Å². The molecule has 0 amide bonds. The summed E-state index contributed by atoms with van der Waals surface area (Å²) < 4.78 is 0. The molecule has 0 fully saturated rings. The second-order valence-corrected chi connectivity index (χ2v) is 4.07. The van der Waals surface area contributed by atoms with Crippen molar-refractivity contribution in [2.24, 2.45) is 0 Å². The van der Waals surface area contributed by atoms with E-state index >= 15 is 0 Å². The second-order valence-electron chi connectivity index (χ2n) is 3.80. The summed E-state index contributed by atoms with van der Waals surface area (Å²) in [5.74, 6) is 1.33. The molecule has 0 aromatic carbocycles. The Morgan fingerprint density at radius 3 is 2.08 bits per heavy atom. The van der Waals surface area contributed by atoms with Crippen LogP contribution in [0.5, 0.6) is 0 Å². The van der Waals surface area contributed by atoms with E-state index in [-0.39, 0.29) is 5.41 Å². The summed E-state index contributed by atoms with van der Waals surface area (Å²) in [6, 6.07) is 0. The van der Waals surface area contributed by atoms with Crippen molar-refractivity contribution >= 4 is 11.6 Å². The molecule has 12 heavy (non-hydrogen) atoms. The van der Waals surface area contributed by atoms with Crippen molar-refractivity contribution in [1.82, 2.24) is 9.97 Å². The molecule has 0 aliphatic rings. The maximum atomic E-state index is 5.61. The number of nitrogens with zero attached hydrogens (tertiary/aromatic N) is 2. The molecule has 0 radical (unpaired) electrons. The van der Waals surface area contributed by atoms with Gasteiger partial charge in [-0.2, -0.15) is 0 Å². The first-order valence-electron chi connectivity index (χ1n) is 3.91. The Morgan fingerprint density at radius 1 is 1.25 bits per heavy atom. The molecule has 0 N–H and O–H groups in total. The topological polar surface area (TPSA) is 25.8 Å². The van der Waals surface area contributed by atoms with E-state index in [0.717, 1.165) is 11.4 Å². The lowest BCUT2D eigenvalue weighted by Crippen LogP contribution is -2.15. The van der Waals surface area contributed by atoms with Gasteiger partial charge in [0.25, 0.3) is 0 Å². The summed E-state index contributed by atoms with van der Waals surface area (Å²) in [5.41, 5.74) is 0.981. The molecule has 2 nitrogen and oxygen atoms in total. The SMILES string of the molecule is CC(C)(C)c1ncc(CCl)cn1. The van der Waals surface area contributed by atoms with Crippen LogP contribution in [0.25, 0.3) is 0 Å². The van der Waals surface area contributed by atoms with E-state index in [9.17, 15) is 0 Å². The standard InChI is InChI=1S/C9H13ClN2/c1-9(2,3)8-11-5-7(4-10)6-12-8/h5-6H,4H2,1-3H3. The first-order valence-corrected chi connectivity index (χ1v) is 4.45. The Hall–Kier alpha value is -0.630. The molecule has 0 aliphatic heterocycles. The molecular weight excluding hydrogens is 172 g/mol. The van der Waals surface area contributed by atoms with Gasteiger partial charge >= 0.3 is 0 Å². The van der Waals surface area contributed by atoms with Crippen LogP contribution in [0.2, 0.25) is 0 Å². The van der Waals surface area contributed by atoms with E-state index in [2.05, 4.69) is 30.7 Å². The summed E-state index contributed by atoms with van der Waals surface area (Å²) >= 11 is 5.61. The highest BCUT2D eigenvalue weighted by Gasteiger charge is 2.16. The molecule has 0 saturated carbocycles. The predicted molar refractivity (Wildman–Crippen MR) is 50.3 cm³/mol. The normalized spacial score (nSPS) is 11.7. The number of rotatable bonds is 1. The molecule has 0 bridgehead atoms. The Balaban J connectivity index is 2.93. The largest absolute Gasteiger partial charge is 0.240 e. The summed E-state index contributed by atoms with van der Waals surface area (Å²) in [7, 11) is 0.